The molecule has 5 heteroatoms. The van der Waals surface area contributed by atoms with Crippen LogP contribution in [0.4, 0.5) is 0 Å². The van der Waals surface area contributed by atoms with Crippen LogP contribution < -0.4 is 5.32 Å². The molecule has 0 saturated carbocycles. The average Bonchev–Trinajstić information content (AvgIpc) is 2.62. The van der Waals surface area contributed by atoms with E-state index in [4.69, 9.17) is 0 Å². The number of hydrogen-bond acceptors (Lipinski definition) is 3. The highest BCUT2D eigenvalue weighted by Gasteiger charge is 2.18. The summed E-state index contributed by atoms with van der Waals surface area (Å²) in [6.07, 6.45) is -0.230. The Hall–Kier alpha value is -2.66. The largest absolute Gasteiger partial charge is 0.388 e. The molecule has 0 fully saturated rings. The number of benzene rings is 2. The van der Waals surface area contributed by atoms with E-state index in [0.29, 0.717) is 12.0 Å². The van der Waals surface area contributed by atoms with Crippen molar-refractivity contribution < 1.29 is 14.7 Å². The van der Waals surface area contributed by atoms with Crippen LogP contribution in [0.1, 0.15) is 35.4 Å². The van der Waals surface area contributed by atoms with Gasteiger partial charge in [0, 0.05) is 18.7 Å². The molecule has 2 rings (SSSR count). The normalized spacial score (nSPS) is 12.9. The molecule has 0 heterocycles. The van der Waals surface area contributed by atoms with E-state index in [0.717, 1.165) is 5.56 Å². The Labute approximate surface area is 148 Å². The molecule has 2 aromatic rings. The lowest BCUT2D eigenvalue weighted by Gasteiger charge is -2.21. The predicted molar refractivity (Wildman–Crippen MR) is 97.0 cm³/mol. The fraction of sp³-hybridized carbons (Fsp3) is 0.300. The molecule has 0 spiro atoms. The van der Waals surface area contributed by atoms with E-state index >= 15 is 0 Å². The Bertz CT molecular complexity index is 689. The number of aliphatic hydroxyl groups is 1. The first-order chi connectivity index (χ1) is 12.0. The standard InChI is InChI=1S/C20H24N2O3/c1-15(13-18(23)16-9-5-3-6-10-16)21-19(24)14-22(2)20(25)17-11-7-4-8-12-17/h3-12,15,18,23H,13-14H2,1-2H3,(H,21,24). The van der Waals surface area contributed by atoms with E-state index in [2.05, 4.69) is 5.32 Å². The zero-order valence-electron chi connectivity index (χ0n) is 14.6. The molecule has 2 amide bonds. The third-order valence-electron chi connectivity index (χ3n) is 3.92. The van der Waals surface area contributed by atoms with E-state index in [1.54, 1.807) is 31.3 Å². The van der Waals surface area contributed by atoms with E-state index in [9.17, 15) is 14.7 Å². The Balaban J connectivity index is 1.82. The lowest BCUT2D eigenvalue weighted by atomic mass is 10.0. The summed E-state index contributed by atoms with van der Waals surface area (Å²) in [4.78, 5) is 25.7. The third kappa shape index (κ3) is 5.72. The Morgan fingerprint density at radius 2 is 1.60 bits per heavy atom. The van der Waals surface area contributed by atoms with Crippen molar-refractivity contribution >= 4 is 11.8 Å². The number of likely N-dealkylation sites (N-methyl/N-ethyl adjacent to an activating group) is 1. The maximum atomic E-state index is 12.2. The molecule has 0 aromatic heterocycles. The van der Waals surface area contributed by atoms with Crippen molar-refractivity contribution in [2.45, 2.75) is 25.5 Å². The maximum Gasteiger partial charge on any atom is 0.254 e. The second-order valence-corrected chi connectivity index (χ2v) is 6.16. The number of rotatable bonds is 7. The van der Waals surface area contributed by atoms with Crippen molar-refractivity contribution in [1.82, 2.24) is 10.2 Å². The molecule has 2 N–H and O–H groups in total. The van der Waals surface area contributed by atoms with Crippen LogP contribution in [-0.4, -0.2) is 41.5 Å². The van der Waals surface area contributed by atoms with Crippen molar-refractivity contribution in [2.75, 3.05) is 13.6 Å². The summed E-state index contributed by atoms with van der Waals surface area (Å²) in [6.45, 7) is 1.81. The average molecular weight is 340 g/mol. The van der Waals surface area contributed by atoms with Crippen molar-refractivity contribution in [3.8, 4) is 0 Å². The number of carbonyl (C=O) groups is 2. The molecule has 2 unspecified atom stereocenters. The zero-order chi connectivity index (χ0) is 18.2. The summed E-state index contributed by atoms with van der Waals surface area (Å²) >= 11 is 0. The third-order valence-corrected chi connectivity index (χ3v) is 3.92. The van der Waals surface area contributed by atoms with Crippen LogP contribution in [0, 0.1) is 0 Å². The minimum absolute atomic E-state index is 0.0283. The highest BCUT2D eigenvalue weighted by atomic mass is 16.3. The summed E-state index contributed by atoms with van der Waals surface area (Å²) in [5, 5.41) is 13.0. The smallest absolute Gasteiger partial charge is 0.254 e. The first kappa shape index (κ1) is 18.7. The van der Waals surface area contributed by atoms with Crippen LogP contribution in [0.15, 0.2) is 60.7 Å². The molecule has 0 bridgehead atoms. The van der Waals surface area contributed by atoms with Crippen LogP contribution in [0.25, 0.3) is 0 Å². The molecule has 0 aliphatic rings. The second kappa shape index (κ2) is 8.99. The van der Waals surface area contributed by atoms with Gasteiger partial charge in [-0.05, 0) is 31.0 Å². The topological polar surface area (TPSA) is 69.6 Å². The fourth-order valence-electron chi connectivity index (χ4n) is 2.61. The highest BCUT2D eigenvalue weighted by molar-refractivity contribution is 5.96. The van der Waals surface area contributed by atoms with Gasteiger partial charge < -0.3 is 15.3 Å². The van der Waals surface area contributed by atoms with Gasteiger partial charge in [-0.25, -0.2) is 0 Å². The zero-order valence-corrected chi connectivity index (χ0v) is 14.6. The van der Waals surface area contributed by atoms with Crippen LogP contribution in [0.3, 0.4) is 0 Å². The number of carbonyl (C=O) groups excluding carboxylic acids is 2. The molecular formula is C20H24N2O3. The number of nitrogens with zero attached hydrogens (tertiary/aromatic N) is 1. The molecule has 0 saturated heterocycles. The van der Waals surface area contributed by atoms with Gasteiger partial charge in [0.1, 0.15) is 0 Å². The second-order valence-electron chi connectivity index (χ2n) is 6.16. The first-order valence-electron chi connectivity index (χ1n) is 8.30. The van der Waals surface area contributed by atoms with Crippen molar-refractivity contribution in [3.63, 3.8) is 0 Å². The van der Waals surface area contributed by atoms with Crippen molar-refractivity contribution in [1.29, 1.82) is 0 Å². The van der Waals surface area contributed by atoms with Crippen LogP contribution in [0.5, 0.6) is 0 Å². The van der Waals surface area contributed by atoms with Crippen molar-refractivity contribution in [2.24, 2.45) is 0 Å². The predicted octanol–water partition coefficient (Wildman–Crippen LogP) is 2.39. The summed E-state index contributed by atoms with van der Waals surface area (Å²) in [5.41, 5.74) is 1.37. The summed E-state index contributed by atoms with van der Waals surface area (Å²) < 4.78 is 0. The maximum absolute atomic E-state index is 12.2. The van der Waals surface area contributed by atoms with Gasteiger partial charge >= 0.3 is 0 Å². The van der Waals surface area contributed by atoms with Gasteiger partial charge in [-0.15, -0.1) is 0 Å². The van der Waals surface area contributed by atoms with Gasteiger partial charge in [-0.1, -0.05) is 48.5 Å². The van der Waals surface area contributed by atoms with E-state index in [1.165, 1.54) is 4.90 Å². The van der Waals surface area contributed by atoms with Gasteiger partial charge in [0.2, 0.25) is 5.91 Å². The fourth-order valence-corrected chi connectivity index (χ4v) is 2.61. The molecule has 0 aliphatic carbocycles. The number of hydrogen-bond donors (Lipinski definition) is 2. The molecular weight excluding hydrogens is 316 g/mol. The minimum atomic E-state index is -0.639. The SMILES string of the molecule is CC(CC(O)c1ccccc1)NC(=O)CN(C)C(=O)c1ccccc1. The molecule has 0 aliphatic heterocycles. The van der Waals surface area contributed by atoms with Crippen molar-refractivity contribution in [3.05, 3.63) is 71.8 Å². The highest BCUT2D eigenvalue weighted by Crippen LogP contribution is 2.17. The lowest BCUT2D eigenvalue weighted by molar-refractivity contribution is -0.122. The summed E-state index contributed by atoms with van der Waals surface area (Å²) in [6, 6.07) is 18.0. The Morgan fingerprint density at radius 3 is 2.20 bits per heavy atom. The minimum Gasteiger partial charge on any atom is -0.388 e. The first-order valence-corrected chi connectivity index (χ1v) is 8.30. The van der Waals surface area contributed by atoms with Gasteiger partial charge in [0.05, 0.1) is 12.6 Å². The van der Waals surface area contributed by atoms with Crippen LogP contribution in [-0.2, 0) is 4.79 Å². The van der Waals surface area contributed by atoms with E-state index < -0.39 is 6.10 Å². The Kier molecular flexibility index (Phi) is 6.71. The van der Waals surface area contributed by atoms with Gasteiger partial charge in [-0.3, -0.25) is 9.59 Å². The quantitative estimate of drug-likeness (QED) is 0.813. The molecule has 25 heavy (non-hydrogen) atoms. The van der Waals surface area contributed by atoms with Gasteiger partial charge in [-0.2, -0.15) is 0 Å². The van der Waals surface area contributed by atoms with E-state index in [1.807, 2.05) is 43.3 Å². The molecule has 132 valence electrons. The molecule has 2 atom stereocenters. The van der Waals surface area contributed by atoms with Crippen LogP contribution >= 0.6 is 0 Å². The van der Waals surface area contributed by atoms with E-state index in [-0.39, 0.29) is 24.4 Å². The monoisotopic (exact) mass is 340 g/mol. The number of amides is 2. The van der Waals surface area contributed by atoms with Crippen LogP contribution in [0.2, 0.25) is 0 Å². The summed E-state index contributed by atoms with van der Waals surface area (Å²) in [7, 11) is 1.60. The number of aliphatic hydroxyl groups excluding tert-OH is 1. The molecule has 0 radical (unpaired) electrons. The molecule has 5 nitrogen and oxygen atoms in total. The van der Waals surface area contributed by atoms with Gasteiger partial charge in [0.25, 0.3) is 5.91 Å². The lowest BCUT2D eigenvalue weighted by Crippen LogP contribution is -2.42. The number of nitrogens with one attached hydrogen (secondary N) is 1. The molecule has 2 aromatic carbocycles. The summed E-state index contributed by atoms with van der Waals surface area (Å²) in [5.74, 6) is -0.452. The Morgan fingerprint density at radius 1 is 1.04 bits per heavy atom. The van der Waals surface area contributed by atoms with Gasteiger partial charge in [0.15, 0.2) is 0 Å².